The van der Waals surface area contributed by atoms with E-state index in [-0.39, 0.29) is 36.1 Å². The summed E-state index contributed by atoms with van der Waals surface area (Å²) < 4.78 is 0. The van der Waals surface area contributed by atoms with Crippen LogP contribution in [-0.2, 0) is 14.4 Å². The predicted molar refractivity (Wildman–Crippen MR) is 112 cm³/mol. The summed E-state index contributed by atoms with van der Waals surface area (Å²) >= 11 is 0. The summed E-state index contributed by atoms with van der Waals surface area (Å²) in [6.07, 6.45) is 5.85. The molecule has 158 valence electrons. The molecule has 0 bridgehead atoms. The molecule has 1 saturated carbocycles. The van der Waals surface area contributed by atoms with Crippen molar-refractivity contribution in [3.8, 4) is 0 Å². The van der Waals surface area contributed by atoms with Gasteiger partial charge in [-0.3, -0.25) is 14.4 Å². The number of nitrogens with zero attached hydrogens (tertiary/aromatic N) is 2. The van der Waals surface area contributed by atoms with Crippen LogP contribution >= 0.6 is 0 Å². The van der Waals surface area contributed by atoms with Crippen molar-refractivity contribution >= 4 is 17.7 Å². The molecule has 6 heteroatoms. The van der Waals surface area contributed by atoms with Crippen molar-refractivity contribution in [3.05, 3.63) is 35.9 Å². The van der Waals surface area contributed by atoms with Crippen LogP contribution in [0.4, 0.5) is 0 Å². The number of hydrogen-bond acceptors (Lipinski definition) is 3. The van der Waals surface area contributed by atoms with Crippen LogP contribution in [0.2, 0.25) is 0 Å². The fourth-order valence-corrected chi connectivity index (χ4v) is 4.56. The van der Waals surface area contributed by atoms with Gasteiger partial charge in [0.15, 0.2) is 0 Å². The van der Waals surface area contributed by atoms with Crippen molar-refractivity contribution in [1.82, 2.24) is 15.1 Å². The van der Waals surface area contributed by atoms with E-state index in [1.165, 1.54) is 6.42 Å². The number of benzene rings is 1. The summed E-state index contributed by atoms with van der Waals surface area (Å²) in [7, 11) is 0. The highest BCUT2D eigenvalue weighted by molar-refractivity contribution is 5.93. The molecule has 1 N–H and O–H groups in total. The third-order valence-corrected chi connectivity index (χ3v) is 6.29. The van der Waals surface area contributed by atoms with E-state index in [0.29, 0.717) is 19.6 Å². The lowest BCUT2D eigenvalue weighted by Crippen LogP contribution is -2.45. The van der Waals surface area contributed by atoms with Gasteiger partial charge in [0.05, 0.1) is 5.92 Å². The second kappa shape index (κ2) is 9.90. The van der Waals surface area contributed by atoms with E-state index in [4.69, 9.17) is 0 Å². The summed E-state index contributed by atoms with van der Waals surface area (Å²) in [5.74, 6) is -0.627. The Balaban J connectivity index is 1.71. The molecule has 3 amide bonds. The molecule has 1 aliphatic heterocycles. The summed E-state index contributed by atoms with van der Waals surface area (Å²) in [4.78, 5) is 42.3. The fourth-order valence-electron chi connectivity index (χ4n) is 4.56. The molecule has 2 fully saturated rings. The summed E-state index contributed by atoms with van der Waals surface area (Å²) in [6.45, 7) is 5.51. The molecule has 1 saturated heterocycles. The minimum Gasteiger partial charge on any atom is -0.341 e. The minimum atomic E-state index is -0.720. The predicted octanol–water partition coefficient (Wildman–Crippen LogP) is 2.89. The van der Waals surface area contributed by atoms with Crippen molar-refractivity contribution in [3.63, 3.8) is 0 Å². The van der Waals surface area contributed by atoms with E-state index < -0.39 is 6.04 Å². The molecule has 0 radical (unpaired) electrons. The Morgan fingerprint density at radius 2 is 1.76 bits per heavy atom. The largest absolute Gasteiger partial charge is 0.341 e. The van der Waals surface area contributed by atoms with Gasteiger partial charge in [-0.2, -0.15) is 0 Å². The van der Waals surface area contributed by atoms with Crippen LogP contribution in [0.1, 0.15) is 64.0 Å². The van der Waals surface area contributed by atoms with Gasteiger partial charge in [-0.05, 0) is 32.3 Å². The Morgan fingerprint density at radius 3 is 2.38 bits per heavy atom. The van der Waals surface area contributed by atoms with E-state index in [9.17, 15) is 14.4 Å². The molecular formula is C23H33N3O3. The SMILES string of the molecule is CCN(CC)C(=O)C(NC(=O)C1CC(=O)N(C2CCCCC2)C1)c1ccccc1. The van der Waals surface area contributed by atoms with Crippen LogP contribution in [0.3, 0.4) is 0 Å². The number of rotatable bonds is 7. The molecule has 1 aliphatic carbocycles. The summed E-state index contributed by atoms with van der Waals surface area (Å²) in [6, 6.07) is 8.91. The minimum absolute atomic E-state index is 0.0726. The number of amides is 3. The average Bonchev–Trinajstić information content (AvgIpc) is 3.15. The highest BCUT2D eigenvalue weighted by atomic mass is 16.2. The van der Waals surface area contributed by atoms with Crippen LogP contribution in [-0.4, -0.2) is 53.2 Å². The first kappa shape index (κ1) is 21.3. The van der Waals surface area contributed by atoms with E-state index in [2.05, 4.69) is 5.32 Å². The van der Waals surface area contributed by atoms with Gasteiger partial charge < -0.3 is 15.1 Å². The number of likely N-dealkylation sites (N-methyl/N-ethyl adjacent to an activating group) is 1. The number of likely N-dealkylation sites (tertiary alicyclic amines) is 1. The van der Waals surface area contributed by atoms with Crippen molar-refractivity contribution in [1.29, 1.82) is 0 Å². The smallest absolute Gasteiger partial charge is 0.249 e. The molecule has 2 unspecified atom stereocenters. The molecule has 0 aromatic heterocycles. The lowest BCUT2D eigenvalue weighted by molar-refractivity contribution is -0.137. The Morgan fingerprint density at radius 1 is 1.10 bits per heavy atom. The van der Waals surface area contributed by atoms with E-state index in [0.717, 1.165) is 31.2 Å². The summed E-state index contributed by atoms with van der Waals surface area (Å²) in [5, 5.41) is 2.96. The average molecular weight is 400 g/mol. The van der Waals surface area contributed by atoms with E-state index in [1.807, 2.05) is 49.1 Å². The molecule has 3 rings (SSSR count). The Kier molecular flexibility index (Phi) is 7.29. The maximum absolute atomic E-state index is 13.1. The van der Waals surface area contributed by atoms with E-state index >= 15 is 0 Å². The second-order valence-electron chi connectivity index (χ2n) is 8.10. The van der Waals surface area contributed by atoms with Gasteiger partial charge in [0.2, 0.25) is 17.7 Å². The molecule has 1 aromatic rings. The first-order chi connectivity index (χ1) is 14.0. The number of carbonyl (C=O) groups excluding carboxylic acids is 3. The fraction of sp³-hybridized carbons (Fsp3) is 0.609. The number of hydrogen-bond donors (Lipinski definition) is 1. The molecule has 1 heterocycles. The maximum atomic E-state index is 13.1. The van der Waals surface area contributed by atoms with Crippen LogP contribution < -0.4 is 5.32 Å². The maximum Gasteiger partial charge on any atom is 0.249 e. The molecule has 0 spiro atoms. The van der Waals surface area contributed by atoms with E-state index in [1.54, 1.807) is 4.90 Å². The zero-order chi connectivity index (χ0) is 20.8. The molecule has 2 atom stereocenters. The van der Waals surface area contributed by atoms with Crippen molar-refractivity contribution < 1.29 is 14.4 Å². The second-order valence-corrected chi connectivity index (χ2v) is 8.10. The first-order valence-electron chi connectivity index (χ1n) is 11.0. The monoisotopic (exact) mass is 399 g/mol. The topological polar surface area (TPSA) is 69.7 Å². The highest BCUT2D eigenvalue weighted by Crippen LogP contribution is 2.29. The highest BCUT2D eigenvalue weighted by Gasteiger charge is 2.39. The third kappa shape index (κ3) is 4.98. The van der Waals surface area contributed by atoms with Crippen LogP contribution in [0, 0.1) is 5.92 Å². The lowest BCUT2D eigenvalue weighted by Gasteiger charge is -2.31. The van der Waals surface area contributed by atoms with Gasteiger partial charge in [-0.25, -0.2) is 0 Å². The molecule has 29 heavy (non-hydrogen) atoms. The molecule has 2 aliphatic rings. The van der Waals surface area contributed by atoms with Crippen LogP contribution in [0.5, 0.6) is 0 Å². The van der Waals surface area contributed by atoms with Gasteiger partial charge >= 0.3 is 0 Å². The summed E-state index contributed by atoms with van der Waals surface area (Å²) in [5.41, 5.74) is 0.770. The number of nitrogens with one attached hydrogen (secondary N) is 1. The van der Waals surface area contributed by atoms with Gasteiger partial charge in [0, 0.05) is 32.1 Å². The Bertz CT molecular complexity index is 711. The standard InChI is InChI=1S/C23H33N3O3/c1-3-25(4-2)23(29)21(17-11-7-5-8-12-17)24-22(28)18-15-20(27)26(16-18)19-13-9-6-10-14-19/h5,7-8,11-12,18-19,21H,3-4,6,9-10,13-16H2,1-2H3,(H,24,28). The van der Waals surface area contributed by atoms with Crippen LogP contribution in [0.15, 0.2) is 30.3 Å². The molecule has 1 aromatic carbocycles. The lowest BCUT2D eigenvalue weighted by atomic mass is 9.94. The Hall–Kier alpha value is -2.37. The van der Waals surface area contributed by atoms with Crippen molar-refractivity contribution in [2.24, 2.45) is 5.92 Å². The van der Waals surface area contributed by atoms with Gasteiger partial charge in [0.1, 0.15) is 6.04 Å². The first-order valence-corrected chi connectivity index (χ1v) is 11.0. The van der Waals surface area contributed by atoms with Gasteiger partial charge in [-0.15, -0.1) is 0 Å². The molecular weight excluding hydrogens is 366 g/mol. The molecule has 6 nitrogen and oxygen atoms in total. The quantitative estimate of drug-likeness (QED) is 0.766. The van der Waals surface area contributed by atoms with Crippen molar-refractivity contribution in [2.45, 2.75) is 64.5 Å². The van der Waals surface area contributed by atoms with Gasteiger partial charge in [0.25, 0.3) is 0 Å². The van der Waals surface area contributed by atoms with Gasteiger partial charge in [-0.1, -0.05) is 49.6 Å². The Labute approximate surface area is 173 Å². The third-order valence-electron chi connectivity index (χ3n) is 6.29. The normalized spacial score (nSPS) is 21.1. The van der Waals surface area contributed by atoms with Crippen LogP contribution in [0.25, 0.3) is 0 Å². The van der Waals surface area contributed by atoms with Crippen molar-refractivity contribution in [2.75, 3.05) is 19.6 Å². The number of carbonyl (C=O) groups is 3. The zero-order valence-corrected chi connectivity index (χ0v) is 17.6. The zero-order valence-electron chi connectivity index (χ0n) is 17.6.